The summed E-state index contributed by atoms with van der Waals surface area (Å²) in [4.78, 5) is 0. The number of hydrogen-bond donors (Lipinski definition) is 2. The van der Waals surface area contributed by atoms with Crippen LogP contribution in [0, 0.1) is 18.6 Å². The van der Waals surface area contributed by atoms with Crippen LogP contribution in [0.1, 0.15) is 37.7 Å². The van der Waals surface area contributed by atoms with Gasteiger partial charge in [0.2, 0.25) is 0 Å². The molecule has 1 fully saturated rings. The van der Waals surface area contributed by atoms with Gasteiger partial charge in [0.15, 0.2) is 0 Å². The first kappa shape index (κ1) is 16.2. The molecule has 1 atom stereocenters. The van der Waals surface area contributed by atoms with Crippen molar-refractivity contribution in [2.45, 2.75) is 51.2 Å². The van der Waals surface area contributed by atoms with Gasteiger partial charge >= 0.3 is 0 Å². The van der Waals surface area contributed by atoms with E-state index in [1.54, 1.807) is 0 Å². The van der Waals surface area contributed by atoms with Crippen LogP contribution in [-0.4, -0.2) is 30.5 Å². The molecule has 0 aliphatic heterocycles. The monoisotopic (exact) mass is 299 g/mol. The van der Waals surface area contributed by atoms with Crippen molar-refractivity contribution < 1.29 is 18.6 Å². The van der Waals surface area contributed by atoms with Gasteiger partial charge in [0, 0.05) is 12.6 Å². The molecule has 0 amide bonds. The average molecular weight is 299 g/mol. The zero-order valence-corrected chi connectivity index (χ0v) is 12.4. The second kappa shape index (κ2) is 7.71. The molecule has 0 saturated heterocycles. The predicted molar refractivity (Wildman–Crippen MR) is 78.4 cm³/mol. The Morgan fingerprint density at radius 2 is 1.95 bits per heavy atom. The summed E-state index contributed by atoms with van der Waals surface area (Å²) in [6, 6.07) is 2.25. The van der Waals surface area contributed by atoms with Gasteiger partial charge in [-0.25, -0.2) is 8.78 Å². The fourth-order valence-corrected chi connectivity index (χ4v) is 2.55. The van der Waals surface area contributed by atoms with E-state index in [1.807, 2.05) is 0 Å². The second-order valence-corrected chi connectivity index (χ2v) is 5.71. The third kappa shape index (κ3) is 4.93. The summed E-state index contributed by atoms with van der Waals surface area (Å²) in [5.74, 6) is -0.985. The van der Waals surface area contributed by atoms with Gasteiger partial charge in [0.1, 0.15) is 11.6 Å². The van der Waals surface area contributed by atoms with Gasteiger partial charge in [0.05, 0.1) is 24.5 Å². The number of anilines is 1. The number of hydrogen-bond acceptors (Lipinski definition) is 3. The van der Waals surface area contributed by atoms with E-state index in [4.69, 9.17) is 4.74 Å². The van der Waals surface area contributed by atoms with E-state index in [1.165, 1.54) is 26.2 Å². The number of aryl methyl sites for hydroxylation is 1. The van der Waals surface area contributed by atoms with Gasteiger partial charge in [-0.15, -0.1) is 0 Å². The van der Waals surface area contributed by atoms with Crippen LogP contribution in [-0.2, 0) is 4.74 Å². The summed E-state index contributed by atoms with van der Waals surface area (Å²) in [5, 5.41) is 12.6. The van der Waals surface area contributed by atoms with Crippen LogP contribution in [0.25, 0.3) is 0 Å². The summed E-state index contributed by atoms with van der Waals surface area (Å²) in [6.07, 6.45) is 5.16. The molecule has 5 heteroatoms. The lowest BCUT2D eigenvalue weighted by Gasteiger charge is -2.23. The third-order valence-electron chi connectivity index (χ3n) is 3.85. The SMILES string of the molecule is Cc1cc(F)c(NCC(O)COC2CCCCC2)cc1F. The molecule has 21 heavy (non-hydrogen) atoms. The van der Waals surface area contributed by atoms with Crippen molar-refractivity contribution in [1.29, 1.82) is 0 Å². The first-order valence-electron chi connectivity index (χ1n) is 7.55. The fourth-order valence-electron chi connectivity index (χ4n) is 2.55. The number of nitrogens with one attached hydrogen (secondary N) is 1. The van der Waals surface area contributed by atoms with Gasteiger partial charge in [-0.3, -0.25) is 0 Å². The van der Waals surface area contributed by atoms with Crippen molar-refractivity contribution in [3.05, 3.63) is 29.3 Å². The maximum absolute atomic E-state index is 13.6. The number of aliphatic hydroxyl groups is 1. The molecule has 0 radical (unpaired) electrons. The number of rotatable bonds is 6. The van der Waals surface area contributed by atoms with Gasteiger partial charge < -0.3 is 15.2 Å². The number of aliphatic hydroxyl groups excluding tert-OH is 1. The van der Waals surface area contributed by atoms with Crippen LogP contribution in [0.3, 0.4) is 0 Å². The van der Waals surface area contributed by atoms with E-state index in [2.05, 4.69) is 5.32 Å². The van der Waals surface area contributed by atoms with E-state index < -0.39 is 17.7 Å². The molecule has 0 aromatic heterocycles. The molecule has 1 aromatic rings. The normalized spacial score (nSPS) is 17.7. The van der Waals surface area contributed by atoms with Crippen molar-refractivity contribution >= 4 is 5.69 Å². The lowest BCUT2D eigenvalue weighted by atomic mass is 9.98. The molecule has 1 aromatic carbocycles. The van der Waals surface area contributed by atoms with Crippen LogP contribution >= 0.6 is 0 Å². The first-order valence-corrected chi connectivity index (χ1v) is 7.55. The van der Waals surface area contributed by atoms with Crippen LogP contribution in [0.2, 0.25) is 0 Å². The fraction of sp³-hybridized carbons (Fsp3) is 0.625. The molecule has 0 bridgehead atoms. The Morgan fingerprint density at radius 1 is 1.24 bits per heavy atom. The highest BCUT2D eigenvalue weighted by Crippen LogP contribution is 2.21. The number of halogens is 2. The minimum absolute atomic E-state index is 0.0646. The van der Waals surface area contributed by atoms with Gasteiger partial charge in [-0.1, -0.05) is 19.3 Å². The average Bonchev–Trinajstić information content (AvgIpc) is 2.48. The van der Waals surface area contributed by atoms with E-state index in [-0.39, 0.29) is 30.5 Å². The molecule has 1 aliphatic rings. The molecule has 0 spiro atoms. The smallest absolute Gasteiger partial charge is 0.146 e. The first-order chi connectivity index (χ1) is 10.1. The molecule has 118 valence electrons. The van der Waals surface area contributed by atoms with Gasteiger partial charge in [-0.05, 0) is 31.4 Å². The van der Waals surface area contributed by atoms with Crippen LogP contribution < -0.4 is 5.32 Å². The number of benzene rings is 1. The molecule has 1 unspecified atom stereocenters. The summed E-state index contributed by atoms with van der Waals surface area (Å²) in [5.41, 5.74) is 0.328. The van der Waals surface area contributed by atoms with Crippen LogP contribution in [0.4, 0.5) is 14.5 Å². The van der Waals surface area contributed by atoms with E-state index in [9.17, 15) is 13.9 Å². The van der Waals surface area contributed by atoms with Crippen molar-refractivity contribution in [2.75, 3.05) is 18.5 Å². The van der Waals surface area contributed by atoms with E-state index in [0.717, 1.165) is 25.0 Å². The summed E-state index contributed by atoms with van der Waals surface area (Å²) in [7, 11) is 0. The van der Waals surface area contributed by atoms with Gasteiger partial charge in [0.25, 0.3) is 0 Å². The Hall–Kier alpha value is -1.20. The topological polar surface area (TPSA) is 41.5 Å². The van der Waals surface area contributed by atoms with Crippen LogP contribution in [0.15, 0.2) is 12.1 Å². The minimum Gasteiger partial charge on any atom is -0.389 e. The van der Waals surface area contributed by atoms with Crippen molar-refractivity contribution in [2.24, 2.45) is 0 Å². The molecule has 0 heterocycles. The zero-order valence-electron chi connectivity index (χ0n) is 12.4. The Labute approximate surface area is 124 Å². The summed E-state index contributed by atoms with van der Waals surface area (Å²) < 4.78 is 32.6. The lowest BCUT2D eigenvalue weighted by molar-refractivity contribution is -0.0195. The third-order valence-corrected chi connectivity index (χ3v) is 3.85. The van der Waals surface area contributed by atoms with Crippen molar-refractivity contribution in [3.8, 4) is 0 Å². The number of ether oxygens (including phenoxy) is 1. The van der Waals surface area contributed by atoms with Crippen LogP contribution in [0.5, 0.6) is 0 Å². The highest BCUT2D eigenvalue weighted by atomic mass is 19.1. The summed E-state index contributed by atoms with van der Waals surface area (Å²) in [6.45, 7) is 1.86. The molecular weight excluding hydrogens is 276 g/mol. The van der Waals surface area contributed by atoms with E-state index >= 15 is 0 Å². The Bertz CT molecular complexity index is 462. The Kier molecular flexibility index (Phi) is 5.94. The lowest BCUT2D eigenvalue weighted by Crippen LogP contribution is -2.29. The quantitative estimate of drug-likeness (QED) is 0.846. The molecule has 3 nitrogen and oxygen atoms in total. The predicted octanol–water partition coefficient (Wildman–Crippen LogP) is 3.40. The minimum atomic E-state index is -0.740. The highest BCUT2D eigenvalue weighted by Gasteiger charge is 2.16. The maximum Gasteiger partial charge on any atom is 0.146 e. The standard InChI is InChI=1S/C16H23F2NO2/c1-11-7-15(18)16(8-14(11)17)19-9-12(20)10-21-13-5-3-2-4-6-13/h7-8,12-13,19-20H,2-6,9-10H2,1H3. The zero-order chi connectivity index (χ0) is 15.2. The van der Waals surface area contributed by atoms with Gasteiger partial charge in [-0.2, -0.15) is 0 Å². The highest BCUT2D eigenvalue weighted by molar-refractivity contribution is 5.46. The maximum atomic E-state index is 13.6. The second-order valence-electron chi connectivity index (χ2n) is 5.71. The molecule has 2 rings (SSSR count). The Morgan fingerprint density at radius 3 is 2.67 bits per heavy atom. The van der Waals surface area contributed by atoms with Crippen molar-refractivity contribution in [3.63, 3.8) is 0 Å². The molecule has 1 saturated carbocycles. The molecular formula is C16H23F2NO2. The van der Waals surface area contributed by atoms with Crippen molar-refractivity contribution in [1.82, 2.24) is 0 Å². The molecule has 1 aliphatic carbocycles. The summed E-state index contributed by atoms with van der Waals surface area (Å²) >= 11 is 0. The van der Waals surface area contributed by atoms with E-state index in [0.29, 0.717) is 0 Å². The largest absolute Gasteiger partial charge is 0.389 e. The molecule has 2 N–H and O–H groups in total. The Balaban J connectivity index is 1.75.